The Morgan fingerprint density at radius 3 is 2.73 bits per heavy atom. The molecular weight excluding hydrogens is 446 g/mol. The van der Waals surface area contributed by atoms with Crippen molar-refractivity contribution in [3.63, 3.8) is 0 Å². The van der Waals surface area contributed by atoms with Crippen molar-refractivity contribution in [2.45, 2.75) is 12.3 Å². The summed E-state index contributed by atoms with van der Waals surface area (Å²) in [4.78, 5) is 15.5. The topological polar surface area (TPSA) is 108 Å². The van der Waals surface area contributed by atoms with Crippen LogP contribution in [0, 0.1) is 18.3 Å². The quantitative estimate of drug-likeness (QED) is 0.576. The van der Waals surface area contributed by atoms with Gasteiger partial charge in [-0.05, 0) is 34.5 Å². The van der Waals surface area contributed by atoms with Crippen LogP contribution >= 0.6 is 15.9 Å². The highest BCUT2D eigenvalue weighted by Gasteiger charge is 2.61. The number of nitriles is 1. The van der Waals surface area contributed by atoms with Crippen LogP contribution in [-0.2, 0) is 10.2 Å². The summed E-state index contributed by atoms with van der Waals surface area (Å²) >= 11 is 3.59. The predicted molar refractivity (Wildman–Crippen MR) is 115 cm³/mol. The number of carbonyl (C=O) groups is 1. The molecule has 0 saturated heterocycles. The average Bonchev–Trinajstić information content (AvgIpc) is 3.23. The Kier molecular flexibility index (Phi) is 3.82. The Bertz CT molecular complexity index is 1310. The van der Waals surface area contributed by atoms with Gasteiger partial charge in [-0.3, -0.25) is 9.89 Å². The fourth-order valence-corrected chi connectivity index (χ4v) is 5.32. The highest BCUT2D eigenvalue weighted by Crippen LogP contribution is 2.58. The largest absolute Gasteiger partial charge is 0.420 e. The number of carbonyl (C=O) groups excluding carboxylic acids is 1. The highest BCUT2D eigenvalue weighted by atomic mass is 79.9. The van der Waals surface area contributed by atoms with Crippen molar-refractivity contribution in [1.29, 1.82) is 5.26 Å². The number of aromatic amines is 1. The van der Waals surface area contributed by atoms with E-state index in [1.165, 1.54) is 0 Å². The molecule has 0 saturated carbocycles. The molecule has 2 aromatic carbocycles. The fourth-order valence-electron chi connectivity index (χ4n) is 4.48. The molecule has 2 aliphatic rings. The first-order chi connectivity index (χ1) is 14.4. The first-order valence-electron chi connectivity index (χ1n) is 9.22. The van der Waals surface area contributed by atoms with Gasteiger partial charge < -0.3 is 15.4 Å². The van der Waals surface area contributed by atoms with E-state index in [-0.39, 0.29) is 23.2 Å². The molecule has 2 aliphatic heterocycles. The van der Waals surface area contributed by atoms with Gasteiger partial charge in [0.25, 0.3) is 0 Å². The lowest BCUT2D eigenvalue weighted by Gasteiger charge is -2.32. The van der Waals surface area contributed by atoms with Crippen LogP contribution in [0.15, 0.2) is 58.4 Å². The highest BCUT2D eigenvalue weighted by molar-refractivity contribution is 9.10. The first kappa shape index (κ1) is 18.5. The van der Waals surface area contributed by atoms with Crippen LogP contribution in [0.2, 0.25) is 0 Å². The van der Waals surface area contributed by atoms with E-state index in [0.29, 0.717) is 22.5 Å². The van der Waals surface area contributed by atoms with E-state index < -0.39 is 5.41 Å². The third-order valence-corrected chi connectivity index (χ3v) is 6.29. The molecule has 148 valence electrons. The zero-order valence-electron chi connectivity index (χ0n) is 16.2. The Balaban J connectivity index is 1.96. The average molecular weight is 462 g/mol. The van der Waals surface area contributed by atoms with Crippen molar-refractivity contribution >= 4 is 27.5 Å². The van der Waals surface area contributed by atoms with Gasteiger partial charge in [-0.25, -0.2) is 0 Å². The molecule has 1 spiro atoms. The molecule has 30 heavy (non-hydrogen) atoms. The summed E-state index contributed by atoms with van der Waals surface area (Å²) in [5.41, 5.74) is 8.98. The number of fused-ring (bicyclic) bond motifs is 4. The third-order valence-electron chi connectivity index (χ3n) is 5.68. The molecule has 0 bridgehead atoms. The molecule has 0 radical (unpaired) electrons. The molecule has 7 nitrogen and oxygen atoms in total. The third kappa shape index (κ3) is 2.13. The van der Waals surface area contributed by atoms with E-state index in [0.717, 1.165) is 15.6 Å². The van der Waals surface area contributed by atoms with Gasteiger partial charge in [0.05, 0.1) is 16.9 Å². The fraction of sp³-hybridized carbons (Fsp3) is 0.136. The number of hydrogen-bond donors (Lipinski definition) is 2. The minimum absolute atomic E-state index is 0.0571. The molecule has 8 heteroatoms. The second-order valence-corrected chi connectivity index (χ2v) is 8.21. The lowest BCUT2D eigenvalue weighted by molar-refractivity contribution is -0.120. The molecule has 1 amide bonds. The number of hydrogen-bond acceptors (Lipinski definition) is 5. The van der Waals surface area contributed by atoms with E-state index in [1.54, 1.807) is 11.9 Å². The molecule has 0 aliphatic carbocycles. The van der Waals surface area contributed by atoms with Crippen LogP contribution in [0.1, 0.15) is 16.7 Å². The van der Waals surface area contributed by atoms with E-state index in [2.05, 4.69) is 32.2 Å². The number of anilines is 1. The van der Waals surface area contributed by atoms with Crippen molar-refractivity contribution in [3.05, 3.63) is 75.1 Å². The van der Waals surface area contributed by atoms with Crippen LogP contribution < -0.4 is 15.4 Å². The maximum Gasteiger partial charge on any atom is 0.247 e. The van der Waals surface area contributed by atoms with E-state index in [1.807, 2.05) is 49.4 Å². The SMILES string of the molecule is Cc1cc(Br)c2c(c1)[C@]1(C(=O)N2C)C(C#N)=C(N)Oc2n[nH]c(-c3ccccc3)c21. The standard InChI is InChI=1S/C22H16BrN5O2/c1-11-8-13-18(15(23)9-11)28(2)21(29)22(13)14(10-24)19(25)30-20-16(22)17(26-27-20)12-6-4-3-5-7-12/h3-9H,25H2,1-2H3,(H,26,27)/t22-/m0/s1. The van der Waals surface area contributed by atoms with Crippen molar-refractivity contribution < 1.29 is 9.53 Å². The van der Waals surface area contributed by atoms with Gasteiger partial charge in [-0.2, -0.15) is 5.26 Å². The minimum Gasteiger partial charge on any atom is -0.420 e. The molecule has 1 atom stereocenters. The molecule has 0 fully saturated rings. The minimum atomic E-state index is -1.46. The smallest absolute Gasteiger partial charge is 0.247 e. The van der Waals surface area contributed by atoms with Gasteiger partial charge >= 0.3 is 0 Å². The number of benzene rings is 2. The molecular formula is C22H16BrN5O2. The van der Waals surface area contributed by atoms with Crippen LogP contribution in [0.3, 0.4) is 0 Å². The number of rotatable bonds is 1. The summed E-state index contributed by atoms with van der Waals surface area (Å²) in [7, 11) is 1.69. The zero-order valence-corrected chi connectivity index (χ0v) is 17.7. The molecule has 3 heterocycles. The van der Waals surface area contributed by atoms with Crippen LogP contribution in [-0.4, -0.2) is 23.2 Å². The summed E-state index contributed by atoms with van der Waals surface area (Å²) in [6, 6.07) is 15.5. The van der Waals surface area contributed by atoms with Crippen LogP contribution in [0.5, 0.6) is 5.88 Å². The second kappa shape index (κ2) is 6.21. The van der Waals surface area contributed by atoms with Gasteiger partial charge in [0, 0.05) is 22.6 Å². The van der Waals surface area contributed by atoms with Crippen LogP contribution in [0.25, 0.3) is 11.3 Å². The van der Waals surface area contributed by atoms with Gasteiger partial charge in [0.2, 0.25) is 17.7 Å². The molecule has 0 unspecified atom stereocenters. The van der Waals surface area contributed by atoms with Gasteiger partial charge in [0.1, 0.15) is 17.1 Å². The number of halogens is 1. The predicted octanol–water partition coefficient (Wildman–Crippen LogP) is 3.50. The number of nitrogens with zero attached hydrogens (tertiary/aromatic N) is 3. The summed E-state index contributed by atoms with van der Waals surface area (Å²) < 4.78 is 6.46. The maximum absolute atomic E-state index is 13.9. The number of H-pyrrole nitrogens is 1. The van der Waals surface area contributed by atoms with Crippen molar-refractivity contribution in [3.8, 4) is 23.2 Å². The number of likely N-dealkylation sites (N-methyl/N-ethyl adjacent to an activating group) is 1. The van der Waals surface area contributed by atoms with E-state index in [9.17, 15) is 10.1 Å². The first-order valence-corrected chi connectivity index (χ1v) is 10.0. The van der Waals surface area contributed by atoms with Crippen LogP contribution in [0.4, 0.5) is 5.69 Å². The van der Waals surface area contributed by atoms with Gasteiger partial charge in [-0.15, -0.1) is 5.10 Å². The lowest BCUT2D eigenvalue weighted by atomic mass is 9.68. The normalized spacial score (nSPS) is 19.5. The number of aromatic nitrogens is 2. The Hall–Kier alpha value is -3.57. The summed E-state index contributed by atoms with van der Waals surface area (Å²) in [6.45, 7) is 1.94. The molecule has 3 N–H and O–H groups in total. The summed E-state index contributed by atoms with van der Waals surface area (Å²) in [5.74, 6) is -0.215. The molecule has 5 rings (SSSR count). The Labute approximate surface area is 180 Å². The number of nitrogens with one attached hydrogen (secondary N) is 1. The number of aryl methyl sites for hydroxylation is 1. The van der Waals surface area contributed by atoms with Crippen molar-refractivity contribution in [1.82, 2.24) is 10.2 Å². The molecule has 1 aromatic heterocycles. The summed E-state index contributed by atoms with van der Waals surface area (Å²) in [6.07, 6.45) is 0. The molecule has 3 aromatic rings. The number of nitrogens with two attached hydrogens (primary N) is 1. The van der Waals surface area contributed by atoms with E-state index >= 15 is 0 Å². The maximum atomic E-state index is 13.9. The van der Waals surface area contributed by atoms with Gasteiger partial charge in [0.15, 0.2) is 0 Å². The van der Waals surface area contributed by atoms with E-state index in [4.69, 9.17) is 10.5 Å². The Morgan fingerprint density at radius 1 is 1.30 bits per heavy atom. The van der Waals surface area contributed by atoms with Crippen molar-refractivity contribution in [2.24, 2.45) is 5.73 Å². The summed E-state index contributed by atoms with van der Waals surface area (Å²) in [5, 5.41) is 17.4. The number of ether oxygens (including phenoxy) is 1. The van der Waals surface area contributed by atoms with Crippen molar-refractivity contribution in [2.75, 3.05) is 11.9 Å². The van der Waals surface area contributed by atoms with Gasteiger partial charge in [-0.1, -0.05) is 36.4 Å². The number of amides is 1. The zero-order chi connectivity index (χ0) is 21.2. The lowest BCUT2D eigenvalue weighted by Crippen LogP contribution is -2.45. The second-order valence-electron chi connectivity index (χ2n) is 7.35. The Morgan fingerprint density at radius 2 is 2.03 bits per heavy atom. The monoisotopic (exact) mass is 461 g/mol.